The highest BCUT2D eigenvalue weighted by Crippen LogP contribution is 2.03. The molecule has 0 fully saturated rings. The molecule has 0 aromatic rings. The average molecular weight is 180 g/mol. The average Bonchev–Trinajstić information content (AvgIpc) is 2.14. The predicted molar refractivity (Wildman–Crippen MR) is 58.2 cm³/mol. The van der Waals surface area contributed by atoms with Crippen molar-refractivity contribution in [3.8, 4) is 0 Å². The van der Waals surface area contributed by atoms with Crippen LogP contribution in [0.4, 0.5) is 0 Å². The molecule has 1 heterocycles. The lowest BCUT2D eigenvalue weighted by molar-refractivity contribution is 0.706. The zero-order chi connectivity index (χ0) is 9.52. The maximum absolute atomic E-state index is 4.43. The van der Waals surface area contributed by atoms with Crippen LogP contribution in [0, 0.1) is 0 Å². The highest BCUT2D eigenvalue weighted by atomic mass is 15.0. The summed E-state index contributed by atoms with van der Waals surface area (Å²) in [6.45, 7) is 6.32. The molecule has 0 amide bonds. The molecule has 1 aliphatic rings. The van der Waals surface area contributed by atoms with Crippen molar-refractivity contribution in [1.29, 1.82) is 0 Å². The Morgan fingerprint density at radius 2 is 2.31 bits per heavy atom. The van der Waals surface area contributed by atoms with E-state index < -0.39 is 0 Å². The Bertz CT molecular complexity index is 200. The summed E-state index contributed by atoms with van der Waals surface area (Å²) in [4.78, 5) is 4.43. The van der Waals surface area contributed by atoms with Crippen LogP contribution in [0.2, 0.25) is 0 Å². The minimum absolute atomic E-state index is 1.02. The molecular formula is C11H20N2. The first-order valence-corrected chi connectivity index (χ1v) is 5.19. The third-order valence-electron chi connectivity index (χ3n) is 2.15. The highest BCUT2D eigenvalue weighted by Gasteiger charge is 2.02. The Labute approximate surface area is 81.1 Å². The van der Waals surface area contributed by atoms with Crippen LogP contribution in [-0.2, 0) is 0 Å². The summed E-state index contributed by atoms with van der Waals surface area (Å²) in [5.74, 6) is 1.22. The first kappa shape index (κ1) is 10.3. The van der Waals surface area contributed by atoms with Gasteiger partial charge in [0.15, 0.2) is 0 Å². The number of aliphatic imine (C=N–C) groups is 1. The quantitative estimate of drug-likeness (QED) is 0.524. The van der Waals surface area contributed by atoms with Crippen LogP contribution in [0.3, 0.4) is 0 Å². The number of allylic oxidation sites excluding steroid dienone is 1. The standard InChI is InChI=1S/C11H20N2/c1-10(2)6-5-9-13-11-7-3-4-8-12-11/h6H,3-5,7-9H2,1-2H3,(H,12,13). The van der Waals surface area contributed by atoms with Crippen molar-refractivity contribution in [2.24, 2.45) is 4.99 Å². The summed E-state index contributed by atoms with van der Waals surface area (Å²) in [6.07, 6.45) is 7.08. The van der Waals surface area contributed by atoms with E-state index in [1.807, 2.05) is 0 Å². The first-order valence-electron chi connectivity index (χ1n) is 5.19. The zero-order valence-electron chi connectivity index (χ0n) is 8.77. The fourth-order valence-electron chi connectivity index (χ4n) is 1.42. The van der Waals surface area contributed by atoms with Gasteiger partial charge in [0.2, 0.25) is 0 Å². The van der Waals surface area contributed by atoms with Gasteiger partial charge in [0.1, 0.15) is 0 Å². The van der Waals surface area contributed by atoms with Crippen molar-refractivity contribution >= 4 is 5.84 Å². The second kappa shape index (κ2) is 5.79. The molecule has 74 valence electrons. The highest BCUT2D eigenvalue weighted by molar-refractivity contribution is 5.82. The molecule has 2 nitrogen and oxygen atoms in total. The van der Waals surface area contributed by atoms with E-state index in [2.05, 4.69) is 30.2 Å². The van der Waals surface area contributed by atoms with Crippen molar-refractivity contribution in [1.82, 2.24) is 5.32 Å². The number of nitrogens with zero attached hydrogens (tertiary/aromatic N) is 1. The Kier molecular flexibility index (Phi) is 4.58. The van der Waals surface area contributed by atoms with E-state index in [1.165, 1.54) is 24.3 Å². The van der Waals surface area contributed by atoms with Crippen LogP contribution in [-0.4, -0.2) is 18.9 Å². The molecule has 1 N–H and O–H groups in total. The van der Waals surface area contributed by atoms with E-state index in [1.54, 1.807) is 0 Å². The molecule has 2 heteroatoms. The van der Waals surface area contributed by atoms with Gasteiger partial charge in [-0.1, -0.05) is 11.6 Å². The zero-order valence-corrected chi connectivity index (χ0v) is 8.77. The minimum Gasteiger partial charge on any atom is -0.374 e. The van der Waals surface area contributed by atoms with Gasteiger partial charge in [0, 0.05) is 19.5 Å². The molecule has 0 bridgehead atoms. The minimum atomic E-state index is 1.02. The lowest BCUT2D eigenvalue weighted by atomic mass is 10.2. The molecule has 0 aromatic heterocycles. The first-order chi connectivity index (χ1) is 6.29. The molecule has 0 aliphatic carbocycles. The second-order valence-corrected chi connectivity index (χ2v) is 3.78. The van der Waals surface area contributed by atoms with Gasteiger partial charge in [-0.05, 0) is 33.1 Å². The van der Waals surface area contributed by atoms with Gasteiger partial charge in [-0.25, -0.2) is 0 Å². The van der Waals surface area contributed by atoms with Crippen LogP contribution < -0.4 is 5.32 Å². The fourth-order valence-corrected chi connectivity index (χ4v) is 1.42. The van der Waals surface area contributed by atoms with Gasteiger partial charge in [-0.3, -0.25) is 4.99 Å². The van der Waals surface area contributed by atoms with Gasteiger partial charge in [-0.15, -0.1) is 0 Å². The lowest BCUT2D eigenvalue weighted by Crippen LogP contribution is -2.26. The summed E-state index contributed by atoms with van der Waals surface area (Å²) < 4.78 is 0. The molecule has 0 saturated carbocycles. The Morgan fingerprint density at radius 1 is 1.46 bits per heavy atom. The summed E-state index contributed by atoms with van der Waals surface area (Å²) in [6, 6.07) is 0. The van der Waals surface area contributed by atoms with E-state index in [0.29, 0.717) is 0 Å². The Morgan fingerprint density at radius 3 is 2.92 bits per heavy atom. The Balaban J connectivity index is 2.11. The van der Waals surface area contributed by atoms with E-state index in [9.17, 15) is 0 Å². The molecule has 0 spiro atoms. The number of amidine groups is 1. The number of nitrogens with one attached hydrogen (secondary N) is 1. The fraction of sp³-hybridized carbons (Fsp3) is 0.727. The molecule has 13 heavy (non-hydrogen) atoms. The van der Waals surface area contributed by atoms with Gasteiger partial charge < -0.3 is 5.32 Å². The topological polar surface area (TPSA) is 24.4 Å². The molecule has 1 aliphatic heterocycles. The van der Waals surface area contributed by atoms with Crippen LogP contribution in [0.15, 0.2) is 16.6 Å². The van der Waals surface area contributed by atoms with E-state index in [4.69, 9.17) is 0 Å². The van der Waals surface area contributed by atoms with Crippen molar-refractivity contribution in [2.75, 3.05) is 13.1 Å². The molecular weight excluding hydrogens is 160 g/mol. The molecule has 0 atom stereocenters. The summed E-state index contributed by atoms with van der Waals surface area (Å²) >= 11 is 0. The number of hydrogen-bond donors (Lipinski definition) is 1. The SMILES string of the molecule is CC(C)=CCCNC1=NCCCC1. The van der Waals surface area contributed by atoms with Gasteiger partial charge in [0.05, 0.1) is 5.84 Å². The summed E-state index contributed by atoms with van der Waals surface area (Å²) in [5.41, 5.74) is 1.40. The lowest BCUT2D eigenvalue weighted by Gasteiger charge is -2.12. The third-order valence-corrected chi connectivity index (χ3v) is 2.15. The van der Waals surface area contributed by atoms with Crippen molar-refractivity contribution < 1.29 is 0 Å². The van der Waals surface area contributed by atoms with Crippen LogP contribution in [0.1, 0.15) is 39.5 Å². The van der Waals surface area contributed by atoms with E-state index in [0.717, 1.165) is 25.9 Å². The van der Waals surface area contributed by atoms with Gasteiger partial charge in [-0.2, -0.15) is 0 Å². The maximum atomic E-state index is 4.43. The van der Waals surface area contributed by atoms with Gasteiger partial charge in [0.25, 0.3) is 0 Å². The second-order valence-electron chi connectivity index (χ2n) is 3.78. The maximum Gasteiger partial charge on any atom is 0.0963 e. The number of rotatable bonds is 3. The van der Waals surface area contributed by atoms with Gasteiger partial charge >= 0.3 is 0 Å². The van der Waals surface area contributed by atoms with Crippen LogP contribution in [0.5, 0.6) is 0 Å². The molecule has 1 rings (SSSR count). The smallest absolute Gasteiger partial charge is 0.0963 e. The van der Waals surface area contributed by atoms with Crippen LogP contribution >= 0.6 is 0 Å². The summed E-state index contributed by atoms with van der Waals surface area (Å²) in [5, 5.41) is 3.38. The van der Waals surface area contributed by atoms with Crippen LogP contribution in [0.25, 0.3) is 0 Å². The molecule has 0 unspecified atom stereocenters. The Hall–Kier alpha value is -0.790. The van der Waals surface area contributed by atoms with E-state index >= 15 is 0 Å². The summed E-state index contributed by atoms with van der Waals surface area (Å²) in [7, 11) is 0. The molecule has 0 saturated heterocycles. The monoisotopic (exact) mass is 180 g/mol. The van der Waals surface area contributed by atoms with Crippen molar-refractivity contribution in [2.45, 2.75) is 39.5 Å². The predicted octanol–water partition coefficient (Wildman–Crippen LogP) is 2.51. The number of hydrogen-bond acceptors (Lipinski definition) is 2. The van der Waals surface area contributed by atoms with Crippen molar-refractivity contribution in [3.63, 3.8) is 0 Å². The molecule has 0 aromatic carbocycles. The third kappa shape index (κ3) is 4.71. The largest absolute Gasteiger partial charge is 0.374 e. The van der Waals surface area contributed by atoms with Crippen molar-refractivity contribution in [3.05, 3.63) is 11.6 Å². The normalized spacial score (nSPS) is 16.3. The molecule has 0 radical (unpaired) electrons. The van der Waals surface area contributed by atoms with E-state index in [-0.39, 0.29) is 0 Å².